The van der Waals surface area contributed by atoms with Crippen molar-refractivity contribution in [2.45, 2.75) is 13.3 Å². The van der Waals surface area contributed by atoms with Gasteiger partial charge in [0.15, 0.2) is 0 Å². The Hall–Kier alpha value is -2.94. The van der Waals surface area contributed by atoms with Crippen molar-refractivity contribution in [1.29, 1.82) is 0 Å². The molecule has 0 aliphatic heterocycles. The molecule has 0 unspecified atom stereocenters. The van der Waals surface area contributed by atoms with E-state index in [2.05, 4.69) is 17.2 Å². The maximum absolute atomic E-state index is 12.1. The highest BCUT2D eigenvalue weighted by Gasteiger charge is 2.02. The molecule has 0 bridgehead atoms. The van der Waals surface area contributed by atoms with Crippen LogP contribution < -0.4 is 9.78 Å². The Labute approximate surface area is 136 Å². The minimum absolute atomic E-state index is 0.245. The summed E-state index contributed by atoms with van der Waals surface area (Å²) in [5, 5.41) is 16.2. The van der Waals surface area contributed by atoms with Crippen LogP contribution in [0.3, 0.4) is 0 Å². The van der Waals surface area contributed by atoms with Crippen LogP contribution in [-0.2, 0) is 6.42 Å². The van der Waals surface area contributed by atoms with Crippen molar-refractivity contribution in [2.75, 3.05) is 0 Å². The zero-order chi connectivity index (χ0) is 16.1. The molecule has 0 atom stereocenters. The molecule has 1 heterocycles. The normalized spacial score (nSPS) is 11.4. The summed E-state index contributed by atoms with van der Waals surface area (Å²) in [6.07, 6.45) is 4.49. The number of hydrogen-bond acceptors (Lipinski definition) is 2. The summed E-state index contributed by atoms with van der Waals surface area (Å²) in [5.74, 6) is -0.245. The van der Waals surface area contributed by atoms with E-state index in [4.69, 9.17) is 0 Å². The molecule has 1 aromatic heterocycles. The molecule has 3 nitrogen and oxygen atoms in total. The van der Waals surface area contributed by atoms with Gasteiger partial charge in [-0.2, -0.15) is 0 Å². The van der Waals surface area contributed by atoms with Gasteiger partial charge in [0.25, 0.3) is 0 Å². The molecule has 0 radical (unpaired) electrons. The van der Waals surface area contributed by atoms with Gasteiger partial charge in [-0.05, 0) is 35.1 Å². The molecule has 0 amide bonds. The quantitative estimate of drug-likeness (QED) is 0.414. The van der Waals surface area contributed by atoms with E-state index < -0.39 is 0 Å². The minimum atomic E-state index is -0.245. The number of pyridine rings is 1. The second kappa shape index (κ2) is 6.88. The summed E-state index contributed by atoms with van der Waals surface area (Å²) < 4.78 is 1.55. The van der Waals surface area contributed by atoms with E-state index in [1.54, 1.807) is 16.8 Å². The molecule has 0 fully saturated rings. The van der Waals surface area contributed by atoms with Gasteiger partial charge in [0, 0.05) is 12.1 Å². The Morgan fingerprint density at radius 1 is 0.870 bits per heavy atom. The first-order chi connectivity index (χ1) is 11.2. The van der Waals surface area contributed by atoms with Gasteiger partial charge in [-0.1, -0.05) is 64.8 Å². The van der Waals surface area contributed by atoms with Gasteiger partial charge in [-0.15, -0.1) is 0 Å². The third-order valence-electron chi connectivity index (χ3n) is 3.64. The summed E-state index contributed by atoms with van der Waals surface area (Å²) in [4.78, 5) is 0. The van der Waals surface area contributed by atoms with E-state index in [0.29, 0.717) is 5.56 Å². The standard InChI is InChI=1S/C20H18N2O/c1-16-7-9-19(10-8-16)20(23)21-22-13-11-18(12-14-22)15-17-5-3-2-4-6-17/h2-14H,15H2,1H3. The maximum atomic E-state index is 12.1. The predicted molar refractivity (Wildman–Crippen MR) is 89.0 cm³/mol. The first-order valence-electron chi connectivity index (χ1n) is 7.58. The highest BCUT2D eigenvalue weighted by molar-refractivity contribution is 5.89. The zero-order valence-electron chi connectivity index (χ0n) is 13.0. The predicted octanol–water partition coefficient (Wildman–Crippen LogP) is 2.44. The molecule has 0 saturated heterocycles. The number of benzene rings is 2. The van der Waals surface area contributed by atoms with Crippen LogP contribution in [0, 0.1) is 6.92 Å². The summed E-state index contributed by atoms with van der Waals surface area (Å²) >= 11 is 0. The Bertz CT molecular complexity index is 791. The zero-order valence-corrected chi connectivity index (χ0v) is 13.0. The van der Waals surface area contributed by atoms with Crippen LogP contribution in [0.2, 0.25) is 0 Å². The highest BCUT2D eigenvalue weighted by atomic mass is 16.3. The molecular weight excluding hydrogens is 284 g/mol. The van der Waals surface area contributed by atoms with Crippen molar-refractivity contribution in [3.63, 3.8) is 0 Å². The Balaban J connectivity index is 1.74. The van der Waals surface area contributed by atoms with E-state index >= 15 is 0 Å². The number of nitrogens with zero attached hydrogens (tertiary/aromatic N) is 2. The van der Waals surface area contributed by atoms with Crippen LogP contribution in [-0.4, -0.2) is 5.90 Å². The maximum Gasteiger partial charge on any atom is 0.202 e. The molecule has 3 rings (SSSR count). The van der Waals surface area contributed by atoms with Crippen LogP contribution in [0.1, 0.15) is 22.3 Å². The average Bonchev–Trinajstić information content (AvgIpc) is 2.58. The fraction of sp³-hybridized carbons (Fsp3) is 0.100. The molecule has 2 aromatic carbocycles. The highest BCUT2D eigenvalue weighted by Crippen LogP contribution is 2.07. The Morgan fingerprint density at radius 3 is 2.13 bits per heavy atom. The second-order valence-electron chi connectivity index (χ2n) is 5.52. The lowest BCUT2D eigenvalue weighted by Gasteiger charge is -2.07. The van der Waals surface area contributed by atoms with Gasteiger partial charge in [0.1, 0.15) is 0 Å². The molecule has 114 valence electrons. The molecule has 0 aliphatic carbocycles. The van der Waals surface area contributed by atoms with Crippen LogP contribution in [0.5, 0.6) is 0 Å². The number of hydrogen-bond donors (Lipinski definition) is 0. The molecule has 0 aliphatic rings. The second-order valence-corrected chi connectivity index (χ2v) is 5.52. The average molecular weight is 302 g/mol. The van der Waals surface area contributed by atoms with Crippen molar-refractivity contribution in [3.05, 3.63) is 101 Å². The Morgan fingerprint density at radius 2 is 1.48 bits per heavy atom. The lowest BCUT2D eigenvalue weighted by Crippen LogP contribution is -2.33. The van der Waals surface area contributed by atoms with Crippen molar-refractivity contribution < 1.29 is 9.78 Å². The van der Waals surface area contributed by atoms with Crippen LogP contribution in [0.15, 0.2) is 84.2 Å². The van der Waals surface area contributed by atoms with Crippen molar-refractivity contribution in [2.24, 2.45) is 5.10 Å². The molecule has 0 saturated carbocycles. The van der Waals surface area contributed by atoms with E-state index in [1.807, 2.05) is 61.8 Å². The van der Waals surface area contributed by atoms with E-state index in [0.717, 1.165) is 12.0 Å². The first kappa shape index (κ1) is 15.0. The fourth-order valence-corrected chi connectivity index (χ4v) is 2.32. The number of aromatic nitrogens is 1. The third-order valence-corrected chi connectivity index (χ3v) is 3.64. The van der Waals surface area contributed by atoms with E-state index in [9.17, 15) is 5.11 Å². The summed E-state index contributed by atoms with van der Waals surface area (Å²) in [6, 6.07) is 21.7. The van der Waals surface area contributed by atoms with Gasteiger partial charge in [-0.25, -0.2) is 0 Å². The van der Waals surface area contributed by atoms with Crippen LogP contribution in [0.25, 0.3) is 0 Å². The first-order valence-corrected chi connectivity index (χ1v) is 7.58. The largest absolute Gasteiger partial charge is 0.854 e. The van der Waals surface area contributed by atoms with Crippen LogP contribution >= 0.6 is 0 Å². The molecule has 0 N–H and O–H groups in total. The summed E-state index contributed by atoms with van der Waals surface area (Å²) in [5.41, 5.74) is 4.17. The molecular formula is C20H18N2O. The van der Waals surface area contributed by atoms with Crippen molar-refractivity contribution >= 4 is 5.90 Å². The summed E-state index contributed by atoms with van der Waals surface area (Å²) in [7, 11) is 0. The van der Waals surface area contributed by atoms with Gasteiger partial charge in [0.2, 0.25) is 12.4 Å². The lowest BCUT2D eigenvalue weighted by atomic mass is 10.1. The van der Waals surface area contributed by atoms with Crippen LogP contribution in [0.4, 0.5) is 0 Å². The van der Waals surface area contributed by atoms with Crippen molar-refractivity contribution in [1.82, 2.24) is 0 Å². The lowest BCUT2D eigenvalue weighted by molar-refractivity contribution is -0.681. The summed E-state index contributed by atoms with van der Waals surface area (Å²) in [6.45, 7) is 1.99. The molecule has 3 heteroatoms. The SMILES string of the molecule is Cc1ccc(/C([O-])=N/[n+]2ccc(Cc3ccccc3)cc2)cc1. The van der Waals surface area contributed by atoms with Gasteiger partial charge in [-0.3, -0.25) is 0 Å². The van der Waals surface area contributed by atoms with Gasteiger partial charge in [0.05, 0.1) is 5.90 Å². The third kappa shape index (κ3) is 4.04. The molecule has 0 spiro atoms. The van der Waals surface area contributed by atoms with Gasteiger partial charge < -0.3 is 5.11 Å². The number of rotatable bonds is 4. The molecule has 23 heavy (non-hydrogen) atoms. The minimum Gasteiger partial charge on any atom is -0.854 e. The molecule has 3 aromatic rings. The van der Waals surface area contributed by atoms with E-state index in [-0.39, 0.29) is 5.90 Å². The topological polar surface area (TPSA) is 39.3 Å². The van der Waals surface area contributed by atoms with Gasteiger partial charge >= 0.3 is 0 Å². The Kier molecular flexibility index (Phi) is 4.48. The fourth-order valence-electron chi connectivity index (χ4n) is 2.32. The monoisotopic (exact) mass is 302 g/mol. The number of aryl methyl sites for hydroxylation is 1. The van der Waals surface area contributed by atoms with Crippen molar-refractivity contribution in [3.8, 4) is 0 Å². The smallest absolute Gasteiger partial charge is 0.202 e. The van der Waals surface area contributed by atoms with E-state index in [1.165, 1.54) is 11.1 Å².